The molecule has 0 N–H and O–H groups in total. The van der Waals surface area contributed by atoms with Crippen LogP contribution in [-0.4, -0.2) is 16.2 Å². The summed E-state index contributed by atoms with van der Waals surface area (Å²) in [4.78, 5) is 9.56. The van der Waals surface area contributed by atoms with Crippen molar-refractivity contribution in [2.45, 2.75) is 12.3 Å². The Morgan fingerprint density at radius 1 is 0.519 bits per heavy atom. The van der Waals surface area contributed by atoms with Crippen LogP contribution in [0.2, 0.25) is 0 Å². The number of hydrogen-bond acceptors (Lipinski definition) is 3. The van der Waals surface area contributed by atoms with Gasteiger partial charge in [-0.2, -0.15) is 0 Å². The molecule has 4 heteroatoms. The first-order valence-electron chi connectivity index (χ1n) is 19.9. The first-order valence-corrected chi connectivity index (χ1v) is 18.4. The van der Waals surface area contributed by atoms with E-state index in [0.717, 1.165) is 50.0 Å². The van der Waals surface area contributed by atoms with Gasteiger partial charge in [-0.15, -0.1) is 0 Å². The molecule has 3 heterocycles. The number of aromatic nitrogens is 2. The molecule has 0 unspecified atom stereocenters. The Hall–Kier alpha value is -6.91. The van der Waals surface area contributed by atoms with Crippen molar-refractivity contribution in [1.29, 1.82) is 0 Å². The number of rotatable bonds is 5. The van der Waals surface area contributed by atoms with E-state index >= 15 is 0 Å². The molecule has 7 aromatic carbocycles. The predicted octanol–water partition coefficient (Wildman–Crippen LogP) is 12.1. The molecule has 0 amide bonds. The van der Waals surface area contributed by atoms with Gasteiger partial charge in [-0.3, -0.25) is 4.57 Å². The summed E-state index contributed by atoms with van der Waals surface area (Å²) in [5.74, 6) is 0.575. The topological polar surface area (TPSA) is 24.3 Å². The molecule has 54 heavy (non-hydrogen) atoms. The molecule has 0 saturated heterocycles. The molecule has 0 spiro atoms. The van der Waals surface area contributed by atoms with Crippen molar-refractivity contribution in [3.05, 3.63) is 216 Å². The first kappa shape index (κ1) is 27.7. The fourth-order valence-electron chi connectivity index (χ4n) is 9.19. The quantitative estimate of drug-likeness (QED) is 0.179. The second kappa shape index (κ2) is 11.8. The third kappa shape index (κ3) is 4.34. The number of hydrogen-bond donors (Lipinski definition) is 0. The van der Waals surface area contributed by atoms with E-state index in [1.54, 1.807) is 18.3 Å². The zero-order chi connectivity index (χ0) is 38.3. The van der Waals surface area contributed by atoms with Crippen LogP contribution < -0.4 is 9.80 Å². The van der Waals surface area contributed by atoms with Crippen molar-refractivity contribution < 1.29 is 4.11 Å². The lowest BCUT2D eigenvalue weighted by Crippen LogP contribution is -2.29. The zero-order valence-electron chi connectivity index (χ0n) is 32.4. The van der Waals surface area contributed by atoms with Crippen LogP contribution in [0.3, 0.4) is 0 Å². The SMILES string of the molecule is [2H]C([2H])([2H])c1ccnc(-n2c3ccccc3c3ccc(C4(c5cccc(N6CN(c7ccccc7)c7ccccc76)c5)c5ccccc5-c5ccccc54)cc32)c1. The van der Waals surface area contributed by atoms with E-state index in [2.05, 4.69) is 178 Å². The Morgan fingerprint density at radius 2 is 1.15 bits per heavy atom. The Balaban J connectivity index is 1.17. The van der Waals surface area contributed by atoms with Crippen LogP contribution in [0.25, 0.3) is 38.8 Å². The van der Waals surface area contributed by atoms with Gasteiger partial charge in [0.25, 0.3) is 0 Å². The Labute approximate surface area is 319 Å². The lowest BCUT2D eigenvalue weighted by Gasteiger charge is -2.35. The van der Waals surface area contributed by atoms with Gasteiger partial charge < -0.3 is 9.80 Å². The van der Waals surface area contributed by atoms with Crippen LogP contribution in [0.5, 0.6) is 0 Å². The number of fused-ring (bicyclic) bond motifs is 7. The Bertz CT molecular complexity index is 2980. The number of para-hydroxylation sites is 4. The summed E-state index contributed by atoms with van der Waals surface area (Å²) in [5.41, 5.74) is 13.3. The van der Waals surface area contributed by atoms with Crippen LogP contribution in [0.15, 0.2) is 188 Å². The molecule has 4 nitrogen and oxygen atoms in total. The normalized spacial score (nSPS) is 15.1. The predicted molar refractivity (Wildman–Crippen MR) is 223 cm³/mol. The van der Waals surface area contributed by atoms with Crippen molar-refractivity contribution >= 4 is 44.6 Å². The van der Waals surface area contributed by atoms with Gasteiger partial charge in [0.05, 0.1) is 27.8 Å². The number of nitrogens with zero attached hydrogens (tertiary/aromatic N) is 4. The highest BCUT2D eigenvalue weighted by Gasteiger charge is 2.46. The highest BCUT2D eigenvalue weighted by atomic mass is 15.4. The van der Waals surface area contributed by atoms with Crippen LogP contribution >= 0.6 is 0 Å². The summed E-state index contributed by atoms with van der Waals surface area (Å²) in [5, 5.41) is 2.16. The van der Waals surface area contributed by atoms with Gasteiger partial charge in [0.15, 0.2) is 0 Å². The number of anilines is 4. The van der Waals surface area contributed by atoms with Gasteiger partial charge in [-0.25, -0.2) is 4.98 Å². The molecule has 0 fully saturated rings. The van der Waals surface area contributed by atoms with E-state index in [1.165, 1.54) is 27.9 Å². The largest absolute Gasteiger partial charge is 0.321 e. The molecule has 256 valence electrons. The fraction of sp³-hybridized carbons (Fsp3) is 0.0600. The molecule has 0 bridgehead atoms. The fourth-order valence-corrected chi connectivity index (χ4v) is 9.19. The van der Waals surface area contributed by atoms with Gasteiger partial charge in [0.1, 0.15) is 12.5 Å². The Kier molecular flexibility index (Phi) is 6.06. The average Bonchev–Trinajstić information content (AvgIpc) is 3.91. The monoisotopic (exact) mass is 695 g/mol. The van der Waals surface area contributed by atoms with E-state index in [9.17, 15) is 0 Å². The highest BCUT2D eigenvalue weighted by molar-refractivity contribution is 6.09. The second-order valence-electron chi connectivity index (χ2n) is 14.2. The minimum Gasteiger partial charge on any atom is -0.321 e. The summed E-state index contributed by atoms with van der Waals surface area (Å²) >= 11 is 0. The molecule has 0 radical (unpaired) electrons. The van der Waals surface area contributed by atoms with Gasteiger partial charge in [0, 0.05) is 32.5 Å². The number of pyridine rings is 1. The van der Waals surface area contributed by atoms with Crippen molar-refractivity contribution in [3.8, 4) is 16.9 Å². The third-order valence-electron chi connectivity index (χ3n) is 11.4. The van der Waals surface area contributed by atoms with Crippen LogP contribution in [0, 0.1) is 6.85 Å². The van der Waals surface area contributed by atoms with E-state index in [4.69, 9.17) is 9.10 Å². The van der Waals surface area contributed by atoms with Crippen molar-refractivity contribution in [2.24, 2.45) is 0 Å². The standard InChI is InChI=1S/C50H36N4/c1-34-28-29-51-49(30-34)54-45-23-10-7-20-41(45)42-27-26-36(32-48(42)54)50(43-21-8-5-18-39(43)40-19-6-9-22-44(40)50)35-14-13-17-38(31-35)53-33-52(37-15-3-2-4-16-37)46-24-11-12-25-47(46)53/h2-32H,33H2,1H3/i1D3. The molecule has 2 aliphatic rings. The molecule has 2 aromatic heterocycles. The Morgan fingerprint density at radius 3 is 1.93 bits per heavy atom. The van der Waals surface area contributed by atoms with Crippen molar-refractivity contribution in [3.63, 3.8) is 0 Å². The summed E-state index contributed by atoms with van der Waals surface area (Å²) in [6.45, 7) is -1.58. The lowest BCUT2D eigenvalue weighted by molar-refractivity contribution is 0.768. The molecule has 11 rings (SSSR count). The van der Waals surface area contributed by atoms with Gasteiger partial charge in [-0.05, 0) is 106 Å². The van der Waals surface area contributed by atoms with E-state index in [1.807, 2.05) is 6.07 Å². The maximum Gasteiger partial charge on any atom is 0.137 e. The molecule has 0 saturated carbocycles. The number of benzene rings is 7. The zero-order valence-corrected chi connectivity index (χ0v) is 29.4. The van der Waals surface area contributed by atoms with E-state index in [0.29, 0.717) is 12.5 Å². The van der Waals surface area contributed by atoms with E-state index < -0.39 is 12.3 Å². The maximum absolute atomic E-state index is 8.19. The van der Waals surface area contributed by atoms with Gasteiger partial charge in [-0.1, -0.05) is 121 Å². The van der Waals surface area contributed by atoms with Crippen molar-refractivity contribution in [1.82, 2.24) is 9.55 Å². The summed E-state index contributed by atoms with van der Waals surface area (Å²) < 4.78 is 26.7. The molecule has 1 aliphatic heterocycles. The first-order chi connectivity index (χ1) is 27.9. The van der Waals surface area contributed by atoms with Crippen LogP contribution in [-0.2, 0) is 5.41 Å². The molecule has 9 aromatic rings. The van der Waals surface area contributed by atoms with Crippen LogP contribution in [0.4, 0.5) is 22.7 Å². The van der Waals surface area contributed by atoms with Gasteiger partial charge in [0.2, 0.25) is 0 Å². The van der Waals surface area contributed by atoms with Gasteiger partial charge >= 0.3 is 0 Å². The summed E-state index contributed by atoms with van der Waals surface area (Å²) in [6, 6.07) is 64.4. The minimum absolute atomic E-state index is 0.260. The molecular formula is C50H36N4. The summed E-state index contributed by atoms with van der Waals surface area (Å²) in [6.07, 6.45) is 1.60. The highest BCUT2D eigenvalue weighted by Crippen LogP contribution is 2.57. The molecule has 0 atom stereocenters. The maximum atomic E-state index is 8.19. The van der Waals surface area contributed by atoms with Crippen molar-refractivity contribution in [2.75, 3.05) is 16.5 Å². The lowest BCUT2D eigenvalue weighted by atomic mass is 9.67. The molecular weight excluding hydrogens is 657 g/mol. The average molecular weight is 696 g/mol. The third-order valence-corrected chi connectivity index (χ3v) is 11.4. The smallest absolute Gasteiger partial charge is 0.137 e. The minimum atomic E-state index is -2.26. The van der Waals surface area contributed by atoms with E-state index in [-0.39, 0.29) is 5.56 Å². The summed E-state index contributed by atoms with van der Waals surface area (Å²) in [7, 11) is 0. The second-order valence-corrected chi connectivity index (χ2v) is 14.2. The van der Waals surface area contributed by atoms with Crippen LogP contribution in [0.1, 0.15) is 31.9 Å². The molecule has 1 aliphatic carbocycles. The number of aryl methyl sites for hydroxylation is 1.